The molecule has 0 unspecified atom stereocenters. The maximum atomic E-state index is 14.3. The van der Waals surface area contributed by atoms with Gasteiger partial charge in [0.25, 0.3) is 0 Å². The van der Waals surface area contributed by atoms with E-state index in [4.69, 9.17) is 5.26 Å². The lowest BCUT2D eigenvalue weighted by Gasteiger charge is -2.31. The van der Waals surface area contributed by atoms with Crippen molar-refractivity contribution in [2.45, 2.75) is 52.9 Å². The topological polar surface area (TPSA) is 112 Å². The third-order valence-corrected chi connectivity index (χ3v) is 8.29. The van der Waals surface area contributed by atoms with Gasteiger partial charge in [-0.3, -0.25) is 4.79 Å². The van der Waals surface area contributed by atoms with Gasteiger partial charge in [-0.15, -0.1) is 0 Å². The molecule has 0 aromatic heterocycles. The van der Waals surface area contributed by atoms with E-state index in [1.807, 2.05) is 62.4 Å². The Morgan fingerprint density at radius 2 is 1.31 bits per heavy atom. The zero-order valence-electron chi connectivity index (χ0n) is 27.6. The zero-order valence-corrected chi connectivity index (χ0v) is 27.6. The van der Waals surface area contributed by atoms with Crippen molar-refractivity contribution >= 4 is 17.6 Å². The van der Waals surface area contributed by atoms with Gasteiger partial charge in [-0.05, 0) is 83.8 Å². The number of nitrogens with zero attached hydrogens (tertiary/aromatic N) is 4. The molecule has 0 saturated heterocycles. The quantitative estimate of drug-likeness (QED) is 0.174. The molecule has 0 radical (unpaired) electrons. The van der Waals surface area contributed by atoms with Crippen LogP contribution in [0.3, 0.4) is 0 Å². The Morgan fingerprint density at radius 1 is 0.800 bits per heavy atom. The predicted octanol–water partition coefficient (Wildman–Crippen LogP) is 6.31. The number of rotatable bonds is 13. The minimum Gasteiger partial charge on any atom is -0.330 e. The van der Waals surface area contributed by atoms with Crippen LogP contribution in [0.15, 0.2) is 66.7 Å². The fourth-order valence-electron chi connectivity index (χ4n) is 5.56. The van der Waals surface area contributed by atoms with Gasteiger partial charge in [-0.2, -0.15) is 10.5 Å². The summed E-state index contributed by atoms with van der Waals surface area (Å²) in [5, 5.41) is 25.5. The molecule has 8 heteroatoms. The Morgan fingerprint density at radius 3 is 1.78 bits per heavy atom. The van der Waals surface area contributed by atoms with Gasteiger partial charge in [0.2, 0.25) is 5.91 Å². The van der Waals surface area contributed by atoms with Crippen molar-refractivity contribution in [1.82, 2.24) is 15.5 Å². The van der Waals surface area contributed by atoms with E-state index in [9.17, 15) is 14.9 Å². The molecule has 3 aromatic rings. The van der Waals surface area contributed by atoms with Crippen molar-refractivity contribution in [2.24, 2.45) is 11.8 Å². The number of nitriles is 2. The molecule has 3 aromatic carbocycles. The standard InChI is InChI=1S/C37H46N6O2/c1-8-28-17-26(4)18-33(19-28)43(37(45)42(6)7)36(44)27(5)35(32-15-11-30(21-39)12-16-32)23-41-24-40-22-34(25(2)3)31-13-9-29(20-38)10-14-31/h9-19,25,27,34-35,40-41H,8,22-24H2,1-7H3/t27-,34+,35+/m0/s1. The van der Waals surface area contributed by atoms with Gasteiger partial charge in [-0.25, -0.2) is 9.69 Å². The number of carbonyl (C=O) groups is 2. The summed E-state index contributed by atoms with van der Waals surface area (Å²) in [6.07, 6.45) is 0.788. The van der Waals surface area contributed by atoms with Crippen LogP contribution in [-0.2, 0) is 11.2 Å². The first-order chi connectivity index (χ1) is 21.5. The lowest BCUT2D eigenvalue weighted by atomic mass is 9.85. The van der Waals surface area contributed by atoms with Crippen LogP contribution in [0, 0.1) is 41.4 Å². The van der Waals surface area contributed by atoms with Gasteiger partial charge in [0, 0.05) is 45.7 Å². The van der Waals surface area contributed by atoms with E-state index >= 15 is 0 Å². The summed E-state index contributed by atoms with van der Waals surface area (Å²) in [4.78, 5) is 30.5. The molecule has 0 bridgehead atoms. The molecule has 0 heterocycles. The number of urea groups is 1. The summed E-state index contributed by atoms with van der Waals surface area (Å²) in [6, 6.07) is 24.9. The molecule has 2 N–H and O–H groups in total. The number of carbonyl (C=O) groups excluding carboxylic acids is 2. The third-order valence-electron chi connectivity index (χ3n) is 8.29. The number of aryl methyl sites for hydroxylation is 2. The molecule has 0 spiro atoms. The normalized spacial score (nSPS) is 12.9. The first kappa shape index (κ1) is 35.0. The van der Waals surface area contributed by atoms with Crippen molar-refractivity contribution in [1.29, 1.82) is 10.5 Å². The number of hydrogen-bond donors (Lipinski definition) is 2. The first-order valence-electron chi connectivity index (χ1n) is 15.6. The largest absolute Gasteiger partial charge is 0.330 e. The van der Waals surface area contributed by atoms with Gasteiger partial charge < -0.3 is 15.5 Å². The average molecular weight is 607 g/mol. The molecule has 8 nitrogen and oxygen atoms in total. The minimum absolute atomic E-state index is 0.264. The Hall–Kier alpha value is -4.50. The maximum Gasteiger partial charge on any atom is 0.330 e. The molecule has 3 rings (SSSR count). The first-order valence-corrected chi connectivity index (χ1v) is 15.6. The van der Waals surface area contributed by atoms with Crippen molar-refractivity contribution in [3.05, 3.63) is 100 Å². The Kier molecular flexibility index (Phi) is 12.9. The van der Waals surface area contributed by atoms with Gasteiger partial charge in [0.05, 0.1) is 29.0 Å². The summed E-state index contributed by atoms with van der Waals surface area (Å²) in [5.41, 5.74) is 5.89. The Labute approximate surface area is 268 Å². The van der Waals surface area contributed by atoms with Gasteiger partial charge in [-0.1, -0.05) is 58.0 Å². The van der Waals surface area contributed by atoms with Gasteiger partial charge in [0.1, 0.15) is 0 Å². The fraction of sp³-hybridized carbons (Fsp3) is 0.405. The minimum atomic E-state index is -0.554. The van der Waals surface area contributed by atoms with E-state index in [0.29, 0.717) is 35.9 Å². The molecular weight excluding hydrogens is 560 g/mol. The zero-order chi connectivity index (χ0) is 33.1. The molecule has 0 aliphatic carbocycles. The average Bonchev–Trinajstić information content (AvgIpc) is 3.03. The summed E-state index contributed by atoms with van der Waals surface area (Å²) in [7, 11) is 3.30. The van der Waals surface area contributed by atoms with Crippen LogP contribution in [0.5, 0.6) is 0 Å². The Bertz CT molecular complexity index is 1520. The lowest BCUT2D eigenvalue weighted by molar-refractivity contribution is -0.121. The number of amides is 3. The third kappa shape index (κ3) is 9.25. The SMILES string of the molecule is CCc1cc(C)cc(N(C(=O)[C@@H](C)[C@@H](CNCNC[C@@H](c2ccc(C#N)cc2)C(C)C)c2ccc(C#N)cc2)C(=O)N(C)C)c1. The number of imide groups is 1. The number of hydrogen-bond acceptors (Lipinski definition) is 6. The molecule has 0 aliphatic rings. The van der Waals surface area contributed by atoms with Crippen molar-refractivity contribution < 1.29 is 9.59 Å². The summed E-state index contributed by atoms with van der Waals surface area (Å²) < 4.78 is 0. The van der Waals surface area contributed by atoms with Crippen LogP contribution in [0.25, 0.3) is 0 Å². The highest BCUT2D eigenvalue weighted by atomic mass is 16.2. The van der Waals surface area contributed by atoms with Crippen LogP contribution in [0.2, 0.25) is 0 Å². The summed E-state index contributed by atoms with van der Waals surface area (Å²) in [5.74, 6) is -0.445. The van der Waals surface area contributed by atoms with Crippen LogP contribution in [0.4, 0.5) is 10.5 Å². The molecule has 236 valence electrons. The smallest absolute Gasteiger partial charge is 0.330 e. The lowest BCUT2D eigenvalue weighted by Crippen LogP contribution is -2.48. The second kappa shape index (κ2) is 16.5. The number of benzene rings is 3. The van der Waals surface area contributed by atoms with Crippen LogP contribution in [-0.4, -0.2) is 50.7 Å². The van der Waals surface area contributed by atoms with E-state index in [1.165, 1.54) is 15.4 Å². The Balaban J connectivity index is 1.82. The second-order valence-electron chi connectivity index (χ2n) is 12.2. The highest BCUT2D eigenvalue weighted by Crippen LogP contribution is 2.30. The van der Waals surface area contributed by atoms with Gasteiger partial charge >= 0.3 is 6.03 Å². The van der Waals surface area contributed by atoms with Crippen LogP contribution >= 0.6 is 0 Å². The maximum absolute atomic E-state index is 14.3. The highest BCUT2D eigenvalue weighted by Gasteiger charge is 2.34. The molecule has 0 saturated carbocycles. The molecule has 3 atom stereocenters. The summed E-state index contributed by atoms with van der Waals surface area (Å²) in [6.45, 7) is 12.0. The van der Waals surface area contributed by atoms with E-state index in [0.717, 1.165) is 29.7 Å². The molecular formula is C37H46N6O2. The molecule has 0 aliphatic heterocycles. The van der Waals surface area contributed by atoms with Crippen molar-refractivity contribution in [3.63, 3.8) is 0 Å². The monoisotopic (exact) mass is 606 g/mol. The highest BCUT2D eigenvalue weighted by molar-refractivity contribution is 6.15. The van der Waals surface area contributed by atoms with E-state index < -0.39 is 11.9 Å². The summed E-state index contributed by atoms with van der Waals surface area (Å²) >= 11 is 0. The predicted molar refractivity (Wildman–Crippen MR) is 180 cm³/mol. The van der Waals surface area contributed by atoms with E-state index in [-0.39, 0.29) is 17.7 Å². The van der Waals surface area contributed by atoms with Crippen LogP contribution in [0.1, 0.15) is 72.9 Å². The fourth-order valence-corrected chi connectivity index (χ4v) is 5.56. The van der Waals surface area contributed by atoms with Crippen molar-refractivity contribution in [3.8, 4) is 12.1 Å². The van der Waals surface area contributed by atoms with Gasteiger partial charge in [0.15, 0.2) is 0 Å². The molecule has 3 amide bonds. The molecule has 0 fully saturated rings. The number of nitrogens with one attached hydrogen (secondary N) is 2. The molecule has 45 heavy (non-hydrogen) atoms. The van der Waals surface area contributed by atoms with Crippen molar-refractivity contribution in [2.75, 3.05) is 38.8 Å². The van der Waals surface area contributed by atoms with Crippen LogP contribution < -0.4 is 15.5 Å². The number of anilines is 1. The van der Waals surface area contributed by atoms with E-state index in [1.54, 1.807) is 26.2 Å². The second-order valence-corrected chi connectivity index (χ2v) is 12.2. The van der Waals surface area contributed by atoms with E-state index in [2.05, 4.69) is 49.6 Å².